The van der Waals surface area contributed by atoms with Gasteiger partial charge in [0.2, 0.25) is 0 Å². The lowest BCUT2D eigenvalue weighted by Crippen LogP contribution is -2.27. The quantitative estimate of drug-likeness (QED) is 0.695. The second-order valence-electron chi connectivity index (χ2n) is 3.94. The van der Waals surface area contributed by atoms with E-state index in [0.29, 0.717) is 6.04 Å². The van der Waals surface area contributed by atoms with Gasteiger partial charge in [-0.1, -0.05) is 25.3 Å². The molecular weight excluding hydrogens is 160 g/mol. The van der Waals surface area contributed by atoms with E-state index in [0.717, 1.165) is 6.04 Å². The lowest BCUT2D eigenvalue weighted by molar-refractivity contribution is 0.404. The van der Waals surface area contributed by atoms with Crippen molar-refractivity contribution >= 4 is 0 Å². The van der Waals surface area contributed by atoms with Crippen molar-refractivity contribution in [2.75, 3.05) is 7.05 Å². The fourth-order valence-electron chi connectivity index (χ4n) is 1.70. The van der Waals surface area contributed by atoms with Crippen LogP contribution in [0.2, 0.25) is 0 Å². The summed E-state index contributed by atoms with van der Waals surface area (Å²) in [4.78, 5) is 0. The Kier molecular flexibility index (Phi) is 4.91. The molecule has 2 heteroatoms. The highest BCUT2D eigenvalue weighted by Gasteiger charge is 2.10. The third-order valence-electron chi connectivity index (χ3n) is 2.78. The van der Waals surface area contributed by atoms with E-state index in [9.17, 15) is 0 Å². The van der Waals surface area contributed by atoms with Gasteiger partial charge in [0.05, 0.1) is 0 Å². The zero-order valence-electron chi connectivity index (χ0n) is 8.84. The van der Waals surface area contributed by atoms with Crippen LogP contribution in [0.4, 0.5) is 0 Å². The molecule has 1 fully saturated rings. The maximum Gasteiger partial charge on any atom is 0.0255 e. The molecule has 0 amide bonds. The average molecular weight is 182 g/mol. The van der Waals surface area contributed by atoms with E-state index in [1.807, 2.05) is 7.05 Å². The van der Waals surface area contributed by atoms with Gasteiger partial charge in [-0.2, -0.15) is 0 Å². The highest BCUT2D eigenvalue weighted by atomic mass is 14.9. The minimum atomic E-state index is 0.469. The van der Waals surface area contributed by atoms with Crippen molar-refractivity contribution in [3.8, 4) is 0 Å². The molecule has 1 saturated carbocycles. The van der Waals surface area contributed by atoms with E-state index < -0.39 is 0 Å². The second-order valence-corrected chi connectivity index (χ2v) is 3.94. The second kappa shape index (κ2) is 6.03. The Morgan fingerprint density at radius 1 is 1.23 bits per heavy atom. The van der Waals surface area contributed by atoms with Gasteiger partial charge in [0.1, 0.15) is 0 Å². The molecule has 0 radical (unpaired) electrons. The number of hydrogen-bond acceptors (Lipinski definition) is 2. The lowest BCUT2D eigenvalue weighted by Gasteiger charge is -2.21. The Morgan fingerprint density at radius 2 is 1.92 bits per heavy atom. The summed E-state index contributed by atoms with van der Waals surface area (Å²) in [6.45, 7) is 2.15. The Morgan fingerprint density at radius 3 is 2.54 bits per heavy atom. The summed E-state index contributed by atoms with van der Waals surface area (Å²) >= 11 is 0. The van der Waals surface area contributed by atoms with Crippen LogP contribution in [0, 0.1) is 0 Å². The van der Waals surface area contributed by atoms with Crippen LogP contribution in [0.5, 0.6) is 0 Å². The summed E-state index contributed by atoms with van der Waals surface area (Å²) in [5, 5.41) is 6.64. The first-order valence-corrected chi connectivity index (χ1v) is 5.43. The van der Waals surface area contributed by atoms with Gasteiger partial charge in [-0.15, -0.1) is 0 Å². The zero-order valence-corrected chi connectivity index (χ0v) is 8.84. The fourth-order valence-corrected chi connectivity index (χ4v) is 1.70. The molecule has 1 aliphatic carbocycles. The van der Waals surface area contributed by atoms with Gasteiger partial charge in [0, 0.05) is 12.1 Å². The molecular formula is C11H22N2. The van der Waals surface area contributed by atoms with Crippen molar-refractivity contribution in [2.45, 2.75) is 51.1 Å². The Labute approximate surface area is 81.8 Å². The molecule has 0 aromatic heterocycles. The van der Waals surface area contributed by atoms with Gasteiger partial charge in [0.15, 0.2) is 0 Å². The molecule has 13 heavy (non-hydrogen) atoms. The summed E-state index contributed by atoms with van der Waals surface area (Å²) in [5.74, 6) is 0. The van der Waals surface area contributed by atoms with Crippen LogP contribution in [0.15, 0.2) is 12.3 Å². The summed E-state index contributed by atoms with van der Waals surface area (Å²) in [7, 11) is 1.98. The first-order chi connectivity index (χ1) is 6.33. The van der Waals surface area contributed by atoms with E-state index in [4.69, 9.17) is 0 Å². The predicted molar refractivity (Wildman–Crippen MR) is 57.7 cm³/mol. The topological polar surface area (TPSA) is 24.1 Å². The summed E-state index contributed by atoms with van der Waals surface area (Å²) in [5.41, 5.74) is 0. The van der Waals surface area contributed by atoms with E-state index >= 15 is 0 Å². The molecule has 1 rings (SSSR count). The van der Waals surface area contributed by atoms with E-state index in [1.165, 1.54) is 32.1 Å². The molecule has 0 saturated heterocycles. The van der Waals surface area contributed by atoms with Crippen molar-refractivity contribution < 1.29 is 0 Å². The van der Waals surface area contributed by atoms with Gasteiger partial charge in [0.25, 0.3) is 0 Å². The molecule has 0 aromatic carbocycles. The maximum atomic E-state index is 3.47. The monoisotopic (exact) mass is 182 g/mol. The molecule has 2 N–H and O–H groups in total. The highest BCUT2D eigenvalue weighted by molar-refractivity contribution is 4.90. The Bertz CT molecular complexity index is 148. The molecule has 1 aliphatic rings. The van der Waals surface area contributed by atoms with Crippen LogP contribution in [-0.2, 0) is 0 Å². The highest BCUT2D eigenvalue weighted by Crippen LogP contribution is 2.17. The van der Waals surface area contributed by atoms with Crippen LogP contribution in [0.25, 0.3) is 0 Å². The first-order valence-electron chi connectivity index (χ1n) is 5.43. The number of likely N-dealkylation sites (N-methyl/N-ethyl adjacent to an activating group) is 1. The molecule has 2 nitrogen and oxygen atoms in total. The Hall–Kier alpha value is -0.500. The fraction of sp³-hybridized carbons (Fsp3) is 0.818. The van der Waals surface area contributed by atoms with Gasteiger partial charge in [-0.3, -0.25) is 0 Å². The largest absolute Gasteiger partial charge is 0.388 e. The zero-order chi connectivity index (χ0) is 9.52. The summed E-state index contributed by atoms with van der Waals surface area (Å²) in [6.07, 6.45) is 11.2. The lowest BCUT2D eigenvalue weighted by atomic mass is 9.96. The number of hydrogen-bond donors (Lipinski definition) is 2. The van der Waals surface area contributed by atoms with Gasteiger partial charge in [-0.05, 0) is 33.0 Å². The van der Waals surface area contributed by atoms with Crippen LogP contribution in [0.1, 0.15) is 39.0 Å². The van der Waals surface area contributed by atoms with Gasteiger partial charge >= 0.3 is 0 Å². The van der Waals surface area contributed by atoms with Gasteiger partial charge in [-0.25, -0.2) is 0 Å². The number of rotatable bonds is 4. The first kappa shape index (κ1) is 10.6. The average Bonchev–Trinajstić information content (AvgIpc) is 2.19. The standard InChI is InChI=1S/C11H22N2/c1-10(12-2)8-9-13-11-6-4-3-5-7-11/h8-13H,3-7H2,1-2H3/b9-8-. The van der Waals surface area contributed by atoms with Crippen molar-refractivity contribution in [1.82, 2.24) is 10.6 Å². The Balaban J connectivity index is 2.13. The third-order valence-corrected chi connectivity index (χ3v) is 2.78. The molecule has 0 heterocycles. The molecule has 1 unspecified atom stereocenters. The van der Waals surface area contributed by atoms with Crippen molar-refractivity contribution in [1.29, 1.82) is 0 Å². The van der Waals surface area contributed by atoms with Crippen LogP contribution < -0.4 is 10.6 Å². The summed E-state index contributed by atoms with van der Waals surface area (Å²) < 4.78 is 0. The number of nitrogens with one attached hydrogen (secondary N) is 2. The van der Waals surface area contributed by atoms with Crippen LogP contribution >= 0.6 is 0 Å². The van der Waals surface area contributed by atoms with Crippen molar-refractivity contribution in [3.63, 3.8) is 0 Å². The van der Waals surface area contributed by atoms with Gasteiger partial charge < -0.3 is 10.6 Å². The predicted octanol–water partition coefficient (Wildman–Crippen LogP) is 2.03. The minimum Gasteiger partial charge on any atom is -0.388 e. The van der Waals surface area contributed by atoms with E-state index in [1.54, 1.807) is 0 Å². The molecule has 1 atom stereocenters. The van der Waals surface area contributed by atoms with Crippen molar-refractivity contribution in [3.05, 3.63) is 12.3 Å². The normalized spacial score (nSPS) is 22.0. The SMILES string of the molecule is CNC(C)/C=C\NC1CCCCC1. The van der Waals surface area contributed by atoms with E-state index in [-0.39, 0.29) is 0 Å². The molecule has 0 bridgehead atoms. The molecule has 76 valence electrons. The maximum absolute atomic E-state index is 3.47. The molecule has 0 aliphatic heterocycles. The van der Waals surface area contributed by atoms with E-state index in [2.05, 4.69) is 29.8 Å². The van der Waals surface area contributed by atoms with Crippen LogP contribution in [-0.4, -0.2) is 19.1 Å². The van der Waals surface area contributed by atoms with Crippen molar-refractivity contribution in [2.24, 2.45) is 0 Å². The summed E-state index contributed by atoms with van der Waals surface area (Å²) in [6, 6.07) is 1.20. The molecule has 0 spiro atoms. The molecule has 0 aromatic rings. The third kappa shape index (κ3) is 4.32. The smallest absolute Gasteiger partial charge is 0.0255 e. The minimum absolute atomic E-state index is 0.469. The van der Waals surface area contributed by atoms with Crippen LogP contribution in [0.3, 0.4) is 0 Å².